The van der Waals surface area contributed by atoms with E-state index >= 15 is 0 Å². The van der Waals surface area contributed by atoms with Crippen LogP contribution in [-0.2, 0) is 4.79 Å². The first-order valence-corrected chi connectivity index (χ1v) is 5.33. The third-order valence-electron chi connectivity index (χ3n) is 1.62. The maximum absolute atomic E-state index is 13.1. The van der Waals surface area contributed by atoms with Gasteiger partial charge in [-0.2, -0.15) is 4.99 Å². The third-order valence-corrected chi connectivity index (χ3v) is 2.84. The Hall–Kier alpha value is -0.830. The van der Waals surface area contributed by atoms with Gasteiger partial charge in [-0.05, 0) is 18.4 Å². The SMILES string of the molecule is CSc1ccc(C(F)N=C=O)cc1Cl. The number of isocyanates is 1. The highest BCUT2D eigenvalue weighted by Crippen LogP contribution is 2.29. The molecule has 1 unspecified atom stereocenters. The maximum Gasteiger partial charge on any atom is 0.238 e. The van der Waals surface area contributed by atoms with Crippen molar-refractivity contribution in [2.75, 3.05) is 6.26 Å². The zero-order chi connectivity index (χ0) is 10.6. The lowest BCUT2D eigenvalue weighted by Gasteiger charge is -2.04. The summed E-state index contributed by atoms with van der Waals surface area (Å²) < 4.78 is 13.1. The monoisotopic (exact) mass is 231 g/mol. The van der Waals surface area contributed by atoms with Gasteiger partial charge in [-0.3, -0.25) is 0 Å². The molecule has 0 aliphatic heterocycles. The van der Waals surface area contributed by atoms with Crippen molar-refractivity contribution in [3.05, 3.63) is 28.8 Å². The number of carbonyl (C=O) groups excluding carboxylic acids is 1. The Kier molecular flexibility index (Phi) is 4.14. The first kappa shape index (κ1) is 11.2. The third kappa shape index (κ3) is 2.58. The summed E-state index contributed by atoms with van der Waals surface area (Å²) in [5.41, 5.74) is 0.260. The summed E-state index contributed by atoms with van der Waals surface area (Å²) in [5, 5.41) is 0.457. The summed E-state index contributed by atoms with van der Waals surface area (Å²) in [5.74, 6) is 0. The Labute approximate surface area is 90.2 Å². The summed E-state index contributed by atoms with van der Waals surface area (Å²) in [6.45, 7) is 0. The minimum Gasteiger partial charge on any atom is -0.215 e. The number of rotatable bonds is 3. The van der Waals surface area contributed by atoms with Crippen molar-refractivity contribution >= 4 is 29.4 Å². The van der Waals surface area contributed by atoms with Gasteiger partial charge in [0.25, 0.3) is 0 Å². The molecule has 0 aliphatic rings. The van der Waals surface area contributed by atoms with E-state index in [0.717, 1.165) is 4.90 Å². The van der Waals surface area contributed by atoms with Crippen molar-refractivity contribution in [3.8, 4) is 0 Å². The largest absolute Gasteiger partial charge is 0.238 e. The van der Waals surface area contributed by atoms with Gasteiger partial charge in [0, 0.05) is 10.5 Å². The molecule has 1 atom stereocenters. The summed E-state index contributed by atoms with van der Waals surface area (Å²) in [6, 6.07) is 4.69. The summed E-state index contributed by atoms with van der Waals surface area (Å²) >= 11 is 7.31. The molecule has 0 amide bonds. The molecular formula is C9H7ClFNOS. The number of thioether (sulfide) groups is 1. The lowest BCUT2D eigenvalue weighted by atomic mass is 10.2. The van der Waals surface area contributed by atoms with Crippen LogP contribution in [0.5, 0.6) is 0 Å². The molecule has 5 heteroatoms. The van der Waals surface area contributed by atoms with E-state index in [1.807, 2.05) is 6.26 Å². The zero-order valence-corrected chi connectivity index (χ0v) is 8.90. The van der Waals surface area contributed by atoms with Crippen LogP contribution in [0.3, 0.4) is 0 Å². The quantitative estimate of drug-likeness (QED) is 0.346. The fourth-order valence-corrected chi connectivity index (χ4v) is 1.83. The van der Waals surface area contributed by atoms with Crippen LogP contribution < -0.4 is 0 Å². The molecular weight excluding hydrogens is 225 g/mol. The number of benzene rings is 1. The molecule has 0 heterocycles. The standard InChI is InChI=1S/C9H7ClFNOS/c1-14-8-3-2-6(4-7(8)10)9(11)12-5-13/h2-4,9H,1H3. The number of alkyl halides is 1. The van der Waals surface area contributed by atoms with Crippen molar-refractivity contribution in [1.82, 2.24) is 0 Å². The lowest BCUT2D eigenvalue weighted by Crippen LogP contribution is -1.87. The number of hydrogen-bond donors (Lipinski definition) is 0. The highest BCUT2D eigenvalue weighted by Gasteiger charge is 2.09. The first-order valence-electron chi connectivity index (χ1n) is 3.73. The first-order chi connectivity index (χ1) is 6.69. The highest BCUT2D eigenvalue weighted by molar-refractivity contribution is 7.98. The molecule has 0 N–H and O–H groups in total. The number of nitrogens with zero attached hydrogens (tertiary/aromatic N) is 1. The van der Waals surface area contributed by atoms with Gasteiger partial charge in [-0.1, -0.05) is 17.7 Å². The molecule has 0 saturated carbocycles. The van der Waals surface area contributed by atoms with Crippen molar-refractivity contribution in [2.45, 2.75) is 11.2 Å². The van der Waals surface area contributed by atoms with Crippen LogP contribution in [0.25, 0.3) is 0 Å². The van der Waals surface area contributed by atoms with Crippen LogP contribution in [0, 0.1) is 0 Å². The Morgan fingerprint density at radius 2 is 2.36 bits per heavy atom. The van der Waals surface area contributed by atoms with Crippen LogP contribution in [0.1, 0.15) is 11.9 Å². The topological polar surface area (TPSA) is 29.4 Å². The molecule has 2 nitrogen and oxygen atoms in total. The average Bonchev–Trinajstić information content (AvgIpc) is 2.18. The summed E-state index contributed by atoms with van der Waals surface area (Å²) in [4.78, 5) is 13.6. The molecule has 0 saturated heterocycles. The van der Waals surface area contributed by atoms with Gasteiger partial charge in [-0.25, -0.2) is 9.18 Å². The highest BCUT2D eigenvalue weighted by atomic mass is 35.5. The van der Waals surface area contributed by atoms with Crippen molar-refractivity contribution in [2.24, 2.45) is 4.99 Å². The predicted molar refractivity (Wildman–Crippen MR) is 55.2 cm³/mol. The van der Waals surface area contributed by atoms with Crippen LogP contribution in [0.2, 0.25) is 5.02 Å². The molecule has 1 aromatic rings. The van der Waals surface area contributed by atoms with Crippen LogP contribution in [0.4, 0.5) is 4.39 Å². The van der Waals surface area contributed by atoms with Crippen molar-refractivity contribution in [3.63, 3.8) is 0 Å². The lowest BCUT2D eigenvalue weighted by molar-refractivity contribution is 0.356. The van der Waals surface area contributed by atoms with E-state index in [4.69, 9.17) is 11.6 Å². The fraction of sp³-hybridized carbons (Fsp3) is 0.222. The van der Waals surface area contributed by atoms with Gasteiger partial charge >= 0.3 is 0 Å². The summed E-state index contributed by atoms with van der Waals surface area (Å²) in [6.07, 6.45) is 1.36. The smallest absolute Gasteiger partial charge is 0.215 e. The molecule has 0 fully saturated rings. The molecule has 74 valence electrons. The van der Waals surface area contributed by atoms with E-state index in [9.17, 15) is 9.18 Å². The van der Waals surface area contributed by atoms with Gasteiger partial charge in [-0.15, -0.1) is 11.8 Å². The molecule has 14 heavy (non-hydrogen) atoms. The van der Waals surface area contributed by atoms with Crippen LogP contribution in [-0.4, -0.2) is 12.3 Å². The molecule has 1 aromatic carbocycles. The van der Waals surface area contributed by atoms with Gasteiger partial charge in [0.05, 0.1) is 5.02 Å². The van der Waals surface area contributed by atoms with E-state index in [2.05, 4.69) is 4.99 Å². The maximum atomic E-state index is 13.1. The second-order valence-corrected chi connectivity index (χ2v) is 3.71. The summed E-state index contributed by atoms with van der Waals surface area (Å²) in [7, 11) is 0. The van der Waals surface area contributed by atoms with E-state index in [0.29, 0.717) is 5.02 Å². The molecule has 0 spiro atoms. The predicted octanol–water partition coefficient (Wildman–Crippen LogP) is 3.37. The van der Waals surface area contributed by atoms with E-state index in [1.165, 1.54) is 23.9 Å². The molecule has 1 rings (SSSR count). The van der Waals surface area contributed by atoms with E-state index in [-0.39, 0.29) is 5.56 Å². The fourth-order valence-electron chi connectivity index (χ4n) is 0.952. The van der Waals surface area contributed by atoms with Gasteiger partial charge in [0.15, 0.2) is 0 Å². The minimum absolute atomic E-state index is 0.260. The Morgan fingerprint density at radius 3 is 2.86 bits per heavy atom. The molecule has 0 bridgehead atoms. The number of halogens is 2. The zero-order valence-electron chi connectivity index (χ0n) is 7.33. The molecule has 0 aromatic heterocycles. The second kappa shape index (κ2) is 5.15. The Balaban J connectivity index is 3.01. The number of hydrogen-bond acceptors (Lipinski definition) is 3. The van der Waals surface area contributed by atoms with E-state index < -0.39 is 6.30 Å². The van der Waals surface area contributed by atoms with Crippen molar-refractivity contribution < 1.29 is 9.18 Å². The van der Waals surface area contributed by atoms with E-state index in [1.54, 1.807) is 12.1 Å². The van der Waals surface area contributed by atoms with Gasteiger partial charge in [0.1, 0.15) is 0 Å². The van der Waals surface area contributed by atoms with Gasteiger partial charge < -0.3 is 0 Å². The minimum atomic E-state index is -1.68. The second-order valence-electron chi connectivity index (χ2n) is 2.45. The Bertz CT molecular complexity index is 379. The van der Waals surface area contributed by atoms with Crippen LogP contribution >= 0.6 is 23.4 Å². The van der Waals surface area contributed by atoms with Crippen LogP contribution in [0.15, 0.2) is 28.1 Å². The van der Waals surface area contributed by atoms with Gasteiger partial charge in [0.2, 0.25) is 12.4 Å². The molecule has 0 aliphatic carbocycles. The van der Waals surface area contributed by atoms with Crippen molar-refractivity contribution in [1.29, 1.82) is 0 Å². The average molecular weight is 232 g/mol. The Morgan fingerprint density at radius 1 is 1.64 bits per heavy atom. The molecule has 0 radical (unpaired) electrons. The normalized spacial score (nSPS) is 11.9. The number of aliphatic imine (C=N–C) groups is 1.